The number of hydrogen-bond acceptors (Lipinski definition) is 2. The van der Waals surface area contributed by atoms with Crippen LogP contribution in [0.2, 0.25) is 0 Å². The van der Waals surface area contributed by atoms with Crippen molar-refractivity contribution < 1.29 is 4.79 Å². The average molecular weight is 273 g/mol. The van der Waals surface area contributed by atoms with Crippen molar-refractivity contribution in [2.75, 3.05) is 19.6 Å². The van der Waals surface area contributed by atoms with E-state index in [2.05, 4.69) is 50.7 Å². The van der Waals surface area contributed by atoms with Gasteiger partial charge in [-0.25, -0.2) is 0 Å². The summed E-state index contributed by atoms with van der Waals surface area (Å²) >= 11 is 2.90. The second-order valence-electron chi connectivity index (χ2n) is 4.17. The van der Waals surface area contributed by atoms with E-state index in [9.17, 15) is 4.79 Å². The second kappa shape index (κ2) is 6.14. The van der Waals surface area contributed by atoms with E-state index in [0.29, 0.717) is 12.0 Å². The molecule has 0 radical (unpaired) electrons. The zero-order valence-corrected chi connectivity index (χ0v) is 10.8. The number of halogens is 1. The zero-order valence-electron chi connectivity index (χ0n) is 9.22. The summed E-state index contributed by atoms with van der Waals surface area (Å²) in [5, 5.41) is 2.82. The van der Waals surface area contributed by atoms with Gasteiger partial charge in [0.25, 0.3) is 5.91 Å². The number of nitrogens with zero attached hydrogens (tertiary/aromatic N) is 1. The first kappa shape index (κ1) is 12.5. The van der Waals surface area contributed by atoms with Crippen LogP contribution in [0.1, 0.15) is 20.3 Å². The fourth-order valence-corrected chi connectivity index (χ4v) is 2.00. The highest BCUT2D eigenvalue weighted by Gasteiger charge is 2.23. The first-order valence-electron chi connectivity index (χ1n) is 5.27. The van der Waals surface area contributed by atoms with Crippen molar-refractivity contribution in [2.24, 2.45) is 5.92 Å². The number of nitrogens with one attached hydrogen (secondary N) is 1. The summed E-state index contributed by atoms with van der Waals surface area (Å²) < 4.78 is 0. The highest BCUT2D eigenvalue weighted by Crippen LogP contribution is 2.17. The first-order chi connectivity index (χ1) is 7.13. The number of amides is 1. The van der Waals surface area contributed by atoms with Gasteiger partial charge in [-0.15, -0.1) is 0 Å². The zero-order chi connectivity index (χ0) is 11.3. The summed E-state index contributed by atoms with van der Waals surface area (Å²) in [6.07, 6.45) is 1.17. The number of hydrogen-bond donors (Lipinski definition) is 1. The number of rotatable bonds is 3. The molecule has 1 rings (SSSR count). The van der Waals surface area contributed by atoms with Crippen LogP contribution >= 0.6 is 15.9 Å². The molecule has 1 fully saturated rings. The van der Waals surface area contributed by atoms with Gasteiger partial charge in [-0.1, -0.05) is 0 Å². The van der Waals surface area contributed by atoms with Gasteiger partial charge in [-0.05, 0) is 37.6 Å². The van der Waals surface area contributed by atoms with Gasteiger partial charge in [0.2, 0.25) is 0 Å². The molecule has 1 heterocycles. The third-order valence-electron chi connectivity index (χ3n) is 2.76. The largest absolute Gasteiger partial charge is 0.345 e. The van der Waals surface area contributed by atoms with Gasteiger partial charge >= 0.3 is 0 Å². The van der Waals surface area contributed by atoms with E-state index in [-0.39, 0.29) is 5.91 Å². The van der Waals surface area contributed by atoms with E-state index >= 15 is 0 Å². The Kier molecular flexibility index (Phi) is 5.13. The lowest BCUT2D eigenvalue weighted by atomic mass is 10.1. The van der Waals surface area contributed by atoms with Crippen molar-refractivity contribution in [3.63, 3.8) is 0 Å². The third kappa shape index (κ3) is 4.23. The summed E-state index contributed by atoms with van der Waals surface area (Å²) in [7, 11) is 0. The Morgan fingerprint density at radius 2 is 2.40 bits per heavy atom. The lowest BCUT2D eigenvalue weighted by Gasteiger charge is -2.20. The van der Waals surface area contributed by atoms with Crippen LogP contribution in [0.5, 0.6) is 0 Å². The van der Waals surface area contributed by atoms with Gasteiger partial charge in [0, 0.05) is 41.0 Å². The average Bonchev–Trinajstić information content (AvgIpc) is 2.63. The molecule has 1 amide bonds. The number of carbonyl (C=O) groups is 1. The molecule has 1 N–H and O–H groups in total. The Morgan fingerprint density at radius 3 is 2.93 bits per heavy atom. The predicted octanol–water partition coefficient (Wildman–Crippen LogP) is 1.19. The van der Waals surface area contributed by atoms with Crippen LogP contribution in [-0.2, 0) is 4.79 Å². The number of carbonyl (C=O) groups excluding carboxylic acids is 1. The minimum atomic E-state index is -0.199. The molecule has 1 saturated heterocycles. The van der Waals surface area contributed by atoms with Gasteiger partial charge in [0.15, 0.2) is 0 Å². The molecular formula is C11H17BrN2O. The summed E-state index contributed by atoms with van der Waals surface area (Å²) in [5.74, 6) is 2.78. The lowest BCUT2D eigenvalue weighted by molar-refractivity contribution is -0.115. The van der Waals surface area contributed by atoms with Gasteiger partial charge in [0.05, 0.1) is 0 Å². The van der Waals surface area contributed by atoms with E-state index in [4.69, 9.17) is 0 Å². The number of likely N-dealkylation sites (tertiary alicyclic amines) is 1. The third-order valence-corrected chi connectivity index (χ3v) is 2.96. The van der Waals surface area contributed by atoms with Crippen LogP contribution in [-0.4, -0.2) is 36.5 Å². The fraction of sp³-hybridized carbons (Fsp3) is 0.727. The van der Waals surface area contributed by atoms with E-state index in [0.717, 1.165) is 19.6 Å². The van der Waals surface area contributed by atoms with Crippen molar-refractivity contribution in [1.29, 1.82) is 0 Å². The highest BCUT2D eigenvalue weighted by atomic mass is 79.9. The standard InChI is InChI=1S/C11H17BrN2O/c1-9(2)14-6-4-10(8-14)7-13-11(15)3-5-12/h9-10H,4,6-8H2,1-2H3,(H,13,15). The molecule has 1 aliphatic rings. The van der Waals surface area contributed by atoms with E-state index in [1.807, 2.05) is 0 Å². The maximum Gasteiger partial charge on any atom is 0.296 e. The molecule has 84 valence electrons. The minimum Gasteiger partial charge on any atom is -0.345 e. The molecule has 0 bridgehead atoms. The van der Waals surface area contributed by atoms with Gasteiger partial charge in [-0.3, -0.25) is 4.79 Å². The van der Waals surface area contributed by atoms with Gasteiger partial charge < -0.3 is 10.2 Å². The van der Waals surface area contributed by atoms with Crippen LogP contribution in [0, 0.1) is 16.7 Å². The maximum atomic E-state index is 11.1. The van der Waals surface area contributed by atoms with Crippen LogP contribution < -0.4 is 5.32 Å². The summed E-state index contributed by atoms with van der Waals surface area (Å²) in [6.45, 7) is 7.38. The maximum absolute atomic E-state index is 11.1. The lowest BCUT2D eigenvalue weighted by Crippen LogP contribution is -2.32. The Balaban J connectivity index is 2.24. The van der Waals surface area contributed by atoms with Crippen molar-refractivity contribution in [3.05, 3.63) is 0 Å². The van der Waals surface area contributed by atoms with Crippen LogP contribution in [0.3, 0.4) is 0 Å². The molecule has 3 nitrogen and oxygen atoms in total. The second-order valence-corrected chi connectivity index (χ2v) is 4.57. The van der Waals surface area contributed by atoms with E-state index < -0.39 is 0 Å². The molecule has 0 aromatic heterocycles. The minimum absolute atomic E-state index is 0.199. The first-order valence-corrected chi connectivity index (χ1v) is 6.06. The molecule has 0 aliphatic carbocycles. The Bertz CT molecular complexity index is 280. The molecule has 4 heteroatoms. The Morgan fingerprint density at radius 1 is 1.67 bits per heavy atom. The fourth-order valence-electron chi connectivity index (χ4n) is 1.82. The molecule has 1 unspecified atom stereocenters. The van der Waals surface area contributed by atoms with E-state index in [1.165, 1.54) is 6.42 Å². The van der Waals surface area contributed by atoms with Crippen molar-refractivity contribution in [3.8, 4) is 10.8 Å². The topological polar surface area (TPSA) is 32.3 Å². The molecule has 0 aromatic rings. The van der Waals surface area contributed by atoms with E-state index in [1.54, 1.807) is 0 Å². The highest BCUT2D eigenvalue weighted by molar-refractivity contribution is 9.12. The summed E-state index contributed by atoms with van der Waals surface area (Å²) in [4.78, 5) is 15.9. The van der Waals surface area contributed by atoms with Crippen LogP contribution in [0.25, 0.3) is 0 Å². The van der Waals surface area contributed by atoms with Crippen molar-refractivity contribution in [2.45, 2.75) is 26.3 Å². The van der Waals surface area contributed by atoms with Gasteiger partial charge in [-0.2, -0.15) is 0 Å². The smallest absolute Gasteiger partial charge is 0.296 e. The van der Waals surface area contributed by atoms with Crippen LogP contribution in [0.4, 0.5) is 0 Å². The van der Waals surface area contributed by atoms with Gasteiger partial charge in [0.1, 0.15) is 0 Å². The van der Waals surface area contributed by atoms with Crippen molar-refractivity contribution in [1.82, 2.24) is 10.2 Å². The Labute approximate surface area is 99.7 Å². The summed E-state index contributed by atoms with van der Waals surface area (Å²) in [5.41, 5.74) is 0. The molecule has 15 heavy (non-hydrogen) atoms. The van der Waals surface area contributed by atoms with Crippen LogP contribution in [0.15, 0.2) is 0 Å². The SMILES string of the molecule is CC(C)N1CCC(CNC(=O)C#CBr)C1. The predicted molar refractivity (Wildman–Crippen MR) is 64.5 cm³/mol. The quantitative estimate of drug-likeness (QED) is 0.783. The summed E-state index contributed by atoms with van der Waals surface area (Å²) in [6, 6.07) is 0.605. The Hall–Kier alpha value is -0.530. The molecule has 0 saturated carbocycles. The molecular weight excluding hydrogens is 256 g/mol. The molecule has 0 spiro atoms. The molecule has 1 aliphatic heterocycles. The van der Waals surface area contributed by atoms with Crippen molar-refractivity contribution >= 4 is 21.8 Å². The normalized spacial score (nSPS) is 21.2. The monoisotopic (exact) mass is 272 g/mol. The molecule has 1 atom stereocenters. The molecule has 0 aromatic carbocycles.